The third kappa shape index (κ3) is 4.59. The Balaban J connectivity index is 1.46. The van der Waals surface area contributed by atoms with E-state index in [1.54, 1.807) is 25.2 Å². The van der Waals surface area contributed by atoms with Gasteiger partial charge >= 0.3 is 11.9 Å². The van der Waals surface area contributed by atoms with Crippen LogP contribution in [0.5, 0.6) is 0 Å². The molecule has 0 spiro atoms. The summed E-state index contributed by atoms with van der Waals surface area (Å²) in [7, 11) is 1.26. The molecule has 9 nitrogen and oxygen atoms in total. The van der Waals surface area contributed by atoms with Crippen LogP contribution in [-0.4, -0.2) is 51.9 Å². The van der Waals surface area contributed by atoms with E-state index in [-0.39, 0.29) is 34.4 Å². The molecule has 3 aromatic heterocycles. The molecule has 1 amide bonds. The van der Waals surface area contributed by atoms with Crippen LogP contribution >= 0.6 is 34.4 Å². The average Bonchev–Trinajstić information content (AvgIpc) is 3.45. The number of methoxy groups -OCH3 is 1. The fourth-order valence-electron chi connectivity index (χ4n) is 3.21. The zero-order valence-corrected chi connectivity index (χ0v) is 20.5. The molecule has 0 atom stereocenters. The van der Waals surface area contributed by atoms with Crippen molar-refractivity contribution in [1.82, 2.24) is 14.6 Å². The first-order chi connectivity index (χ1) is 15.9. The van der Waals surface area contributed by atoms with Crippen LogP contribution in [0.2, 0.25) is 0 Å². The van der Waals surface area contributed by atoms with Gasteiger partial charge in [-0.2, -0.15) is 0 Å². The number of nitrogens with one attached hydrogen (secondary N) is 1. The number of thiazole rings is 1. The van der Waals surface area contributed by atoms with Crippen molar-refractivity contribution < 1.29 is 23.9 Å². The molecule has 4 rings (SSSR count). The van der Waals surface area contributed by atoms with Crippen LogP contribution in [-0.2, 0) is 14.3 Å². The fraction of sp³-hybridized carbons (Fsp3) is 0.286. The van der Waals surface area contributed by atoms with Gasteiger partial charge in [0.25, 0.3) is 0 Å². The number of aromatic nitrogens is 3. The Morgan fingerprint density at radius 3 is 2.70 bits per heavy atom. The second kappa shape index (κ2) is 9.89. The summed E-state index contributed by atoms with van der Waals surface area (Å²) in [5.74, 6) is -0.999. The molecular weight excluding hydrogens is 484 g/mol. The van der Waals surface area contributed by atoms with Crippen LogP contribution in [0, 0.1) is 6.92 Å². The van der Waals surface area contributed by atoms with Gasteiger partial charge in [0.1, 0.15) is 9.88 Å². The number of anilines is 1. The van der Waals surface area contributed by atoms with Gasteiger partial charge < -0.3 is 14.8 Å². The van der Waals surface area contributed by atoms with Gasteiger partial charge in [-0.3, -0.25) is 9.20 Å². The maximum Gasteiger partial charge on any atom is 0.348 e. The lowest BCUT2D eigenvalue weighted by Gasteiger charge is -2.07. The molecule has 0 bridgehead atoms. The van der Waals surface area contributed by atoms with Crippen molar-refractivity contribution in [2.75, 3.05) is 24.8 Å². The topological polar surface area (TPSA) is 112 Å². The maximum absolute atomic E-state index is 12.6. The molecule has 0 aliphatic carbocycles. The number of para-hydroxylation sites is 1. The summed E-state index contributed by atoms with van der Waals surface area (Å²) in [6.45, 7) is 3.49. The Hall–Kier alpha value is -2.96. The SMILES string of the molecule is CCOC(=O)c1c(NC(=O)CCSc2nnc3sc4ccccc4n23)sc(C(=O)OC)c1C. The number of nitrogens with zero attached hydrogens (tertiary/aromatic N) is 3. The van der Waals surface area contributed by atoms with E-state index in [0.29, 0.717) is 16.5 Å². The Labute approximate surface area is 201 Å². The molecule has 172 valence electrons. The maximum atomic E-state index is 12.6. The minimum atomic E-state index is -0.596. The summed E-state index contributed by atoms with van der Waals surface area (Å²) in [6.07, 6.45) is 0.175. The predicted octanol–water partition coefficient (Wildman–Crippen LogP) is 4.40. The lowest BCUT2D eigenvalue weighted by Crippen LogP contribution is -2.15. The molecule has 0 saturated carbocycles. The average molecular weight is 505 g/mol. The van der Waals surface area contributed by atoms with Gasteiger partial charge in [0.2, 0.25) is 10.9 Å². The number of ether oxygens (including phenoxy) is 2. The number of thiophene rings is 1. The molecule has 1 aromatic carbocycles. The van der Waals surface area contributed by atoms with Crippen molar-refractivity contribution in [1.29, 1.82) is 0 Å². The van der Waals surface area contributed by atoms with Crippen LogP contribution in [0.3, 0.4) is 0 Å². The van der Waals surface area contributed by atoms with Gasteiger partial charge in [0, 0.05) is 12.2 Å². The van der Waals surface area contributed by atoms with Gasteiger partial charge in [-0.1, -0.05) is 35.2 Å². The van der Waals surface area contributed by atoms with Crippen LogP contribution in [0.1, 0.15) is 38.9 Å². The highest BCUT2D eigenvalue weighted by atomic mass is 32.2. The lowest BCUT2D eigenvalue weighted by molar-refractivity contribution is -0.115. The Morgan fingerprint density at radius 2 is 1.94 bits per heavy atom. The van der Waals surface area contributed by atoms with E-state index in [9.17, 15) is 14.4 Å². The number of fused-ring (bicyclic) bond motifs is 3. The predicted molar refractivity (Wildman–Crippen MR) is 129 cm³/mol. The van der Waals surface area contributed by atoms with Gasteiger partial charge in [0.15, 0.2) is 5.16 Å². The largest absolute Gasteiger partial charge is 0.465 e. The van der Waals surface area contributed by atoms with Crippen LogP contribution in [0.15, 0.2) is 29.4 Å². The quantitative estimate of drug-likeness (QED) is 0.278. The van der Waals surface area contributed by atoms with Gasteiger partial charge in [-0.15, -0.1) is 21.5 Å². The first-order valence-electron chi connectivity index (χ1n) is 9.98. The summed E-state index contributed by atoms with van der Waals surface area (Å²) >= 11 is 3.98. The van der Waals surface area contributed by atoms with Gasteiger partial charge in [-0.05, 0) is 31.5 Å². The third-order valence-corrected chi connectivity index (χ3v) is 7.85. The molecule has 4 aromatic rings. The Kier molecular flexibility index (Phi) is 6.96. The molecule has 12 heteroatoms. The number of hydrogen-bond donors (Lipinski definition) is 1. The molecule has 33 heavy (non-hydrogen) atoms. The number of carbonyl (C=O) groups excluding carboxylic acids is 3. The van der Waals surface area contributed by atoms with Crippen LogP contribution < -0.4 is 5.32 Å². The molecular formula is C21H20N4O5S3. The normalized spacial score (nSPS) is 11.1. The molecule has 0 aliphatic heterocycles. The molecule has 3 heterocycles. The molecule has 0 radical (unpaired) electrons. The smallest absolute Gasteiger partial charge is 0.348 e. The molecule has 0 fully saturated rings. The number of benzene rings is 1. The highest BCUT2D eigenvalue weighted by Gasteiger charge is 2.27. The standard InChI is InChI=1S/C21H20N4O5S3/c1-4-30-18(27)15-11(2)16(19(28)29-3)33-17(15)22-14(26)9-10-31-20-23-24-21-25(20)12-7-5-6-8-13(12)32-21/h5-8H,4,9-10H2,1-3H3,(H,22,26). The summed E-state index contributed by atoms with van der Waals surface area (Å²) in [5.41, 5.74) is 1.62. The summed E-state index contributed by atoms with van der Waals surface area (Å²) < 4.78 is 13.0. The second-order valence-corrected chi connectivity index (χ2v) is 9.88. The lowest BCUT2D eigenvalue weighted by atomic mass is 10.1. The summed E-state index contributed by atoms with van der Waals surface area (Å²) in [5, 5.41) is 12.2. The molecule has 0 saturated heterocycles. The monoisotopic (exact) mass is 504 g/mol. The van der Waals surface area contributed by atoms with E-state index in [1.165, 1.54) is 18.9 Å². The van der Waals surface area contributed by atoms with E-state index in [2.05, 4.69) is 15.5 Å². The second-order valence-electron chi connectivity index (χ2n) is 6.79. The van der Waals surface area contributed by atoms with Crippen LogP contribution in [0.4, 0.5) is 5.00 Å². The van der Waals surface area contributed by atoms with Crippen molar-refractivity contribution in [3.05, 3.63) is 40.3 Å². The zero-order valence-electron chi connectivity index (χ0n) is 18.0. The first-order valence-corrected chi connectivity index (χ1v) is 12.6. The van der Waals surface area contributed by atoms with E-state index in [4.69, 9.17) is 9.47 Å². The summed E-state index contributed by atoms with van der Waals surface area (Å²) in [4.78, 5) is 38.2. The van der Waals surface area contributed by atoms with Gasteiger partial charge in [-0.25, -0.2) is 9.59 Å². The fourth-order valence-corrected chi connectivity index (χ4v) is 6.25. The van der Waals surface area contributed by atoms with E-state index >= 15 is 0 Å². The Bertz CT molecular complexity index is 1360. The van der Waals surface area contributed by atoms with Crippen molar-refractivity contribution in [3.63, 3.8) is 0 Å². The van der Waals surface area contributed by atoms with Crippen molar-refractivity contribution in [2.45, 2.75) is 25.4 Å². The number of esters is 2. The third-order valence-electron chi connectivity index (χ3n) is 4.72. The van der Waals surface area contributed by atoms with E-state index < -0.39 is 11.9 Å². The number of amides is 1. The number of carbonyl (C=O) groups is 3. The highest BCUT2D eigenvalue weighted by molar-refractivity contribution is 7.99. The number of thioether (sulfide) groups is 1. The highest BCUT2D eigenvalue weighted by Crippen LogP contribution is 2.35. The van der Waals surface area contributed by atoms with E-state index in [1.807, 2.05) is 28.7 Å². The minimum Gasteiger partial charge on any atom is -0.465 e. The minimum absolute atomic E-state index is 0.173. The summed E-state index contributed by atoms with van der Waals surface area (Å²) in [6, 6.07) is 7.98. The number of rotatable bonds is 8. The van der Waals surface area contributed by atoms with Crippen molar-refractivity contribution in [2.24, 2.45) is 0 Å². The van der Waals surface area contributed by atoms with Crippen molar-refractivity contribution in [3.8, 4) is 0 Å². The molecule has 0 unspecified atom stereocenters. The molecule has 1 N–H and O–H groups in total. The Morgan fingerprint density at radius 1 is 1.15 bits per heavy atom. The zero-order chi connectivity index (χ0) is 23.5. The molecule has 0 aliphatic rings. The number of hydrogen-bond acceptors (Lipinski definition) is 10. The van der Waals surface area contributed by atoms with Gasteiger partial charge in [0.05, 0.1) is 29.5 Å². The van der Waals surface area contributed by atoms with E-state index in [0.717, 1.165) is 26.5 Å². The van der Waals surface area contributed by atoms with Crippen molar-refractivity contribution >= 4 is 72.5 Å². The first kappa shape index (κ1) is 23.2. The van der Waals surface area contributed by atoms with Crippen LogP contribution in [0.25, 0.3) is 15.2 Å².